The van der Waals surface area contributed by atoms with E-state index in [1.54, 1.807) is 47.8 Å². The Morgan fingerprint density at radius 3 is 2.64 bits per heavy atom. The Labute approximate surface area is 163 Å². The summed E-state index contributed by atoms with van der Waals surface area (Å²) < 4.78 is 14.0. The highest BCUT2D eigenvalue weighted by atomic mass is 19.1. The fourth-order valence-electron chi connectivity index (χ4n) is 3.04. The molecule has 0 amide bonds. The summed E-state index contributed by atoms with van der Waals surface area (Å²) in [6.07, 6.45) is 7.53. The zero-order valence-electron chi connectivity index (χ0n) is 16.0. The van der Waals surface area contributed by atoms with E-state index in [2.05, 4.69) is 10.1 Å². The molecule has 0 aliphatic carbocycles. The third kappa shape index (κ3) is 3.53. The molecule has 3 rings (SSSR count). The van der Waals surface area contributed by atoms with Gasteiger partial charge in [-0.3, -0.25) is 4.98 Å². The van der Waals surface area contributed by atoms with E-state index < -0.39 is 11.6 Å². The van der Waals surface area contributed by atoms with E-state index in [0.717, 1.165) is 5.57 Å². The molecule has 1 aromatic carbocycles. The van der Waals surface area contributed by atoms with Crippen molar-refractivity contribution in [1.82, 2.24) is 9.99 Å². The number of phenolic OH excluding ortho intramolecular Hbond substituents is 1. The molecule has 6 heteroatoms. The first-order valence-electron chi connectivity index (χ1n) is 8.99. The third-order valence-corrected chi connectivity index (χ3v) is 4.66. The molecule has 0 spiro atoms. The van der Waals surface area contributed by atoms with E-state index in [4.69, 9.17) is 0 Å². The number of allylic oxidation sites excluding steroid dienone is 4. The zero-order valence-corrected chi connectivity index (χ0v) is 16.0. The van der Waals surface area contributed by atoms with Crippen LogP contribution in [0.1, 0.15) is 38.4 Å². The molecule has 0 saturated heterocycles. The summed E-state index contributed by atoms with van der Waals surface area (Å²) in [4.78, 5) is 4.27. The molecule has 0 unspecified atom stereocenters. The van der Waals surface area contributed by atoms with Crippen LogP contribution in [0.2, 0.25) is 0 Å². The molecule has 0 fully saturated rings. The van der Waals surface area contributed by atoms with Gasteiger partial charge in [0.15, 0.2) is 11.6 Å². The Morgan fingerprint density at radius 1 is 1.14 bits per heavy atom. The highest BCUT2D eigenvalue weighted by Gasteiger charge is 2.24. The first-order valence-corrected chi connectivity index (χ1v) is 8.99. The van der Waals surface area contributed by atoms with Crippen molar-refractivity contribution in [3.63, 3.8) is 0 Å². The number of benzene rings is 1. The maximum absolute atomic E-state index is 14.0. The minimum Gasteiger partial charge on any atom is -0.506 e. The lowest BCUT2D eigenvalue weighted by Gasteiger charge is -2.29. The normalized spacial score (nSPS) is 16.2. The van der Waals surface area contributed by atoms with Crippen LogP contribution in [0.25, 0.3) is 11.3 Å². The Bertz CT molecular complexity index is 1020. The summed E-state index contributed by atoms with van der Waals surface area (Å²) in [6, 6.07) is 7.65. The van der Waals surface area contributed by atoms with E-state index in [9.17, 15) is 14.6 Å². The van der Waals surface area contributed by atoms with Gasteiger partial charge in [0.25, 0.3) is 0 Å². The predicted octanol–water partition coefficient (Wildman–Crippen LogP) is 5.06. The van der Waals surface area contributed by atoms with Gasteiger partial charge >= 0.3 is 0 Å². The van der Waals surface area contributed by atoms with Gasteiger partial charge in [0, 0.05) is 23.5 Å². The topological polar surface area (TPSA) is 69.0 Å². The van der Waals surface area contributed by atoms with Crippen molar-refractivity contribution in [3.8, 4) is 11.5 Å². The Balaban J connectivity index is 2.24. The molecule has 144 valence electrons. The van der Waals surface area contributed by atoms with Gasteiger partial charge in [-0.25, -0.2) is 9.40 Å². The van der Waals surface area contributed by atoms with Crippen molar-refractivity contribution in [2.45, 2.75) is 27.2 Å². The van der Waals surface area contributed by atoms with Gasteiger partial charge in [-0.1, -0.05) is 13.0 Å². The zero-order chi connectivity index (χ0) is 20.3. The van der Waals surface area contributed by atoms with Gasteiger partial charge < -0.3 is 10.2 Å². The monoisotopic (exact) mass is 379 g/mol. The van der Waals surface area contributed by atoms with Crippen molar-refractivity contribution in [1.29, 1.82) is 0 Å². The van der Waals surface area contributed by atoms with Gasteiger partial charge in [-0.15, -0.1) is 0 Å². The molecule has 1 aliphatic rings. The van der Waals surface area contributed by atoms with Crippen molar-refractivity contribution in [3.05, 3.63) is 77.0 Å². The standard InChI is InChI=1S/C22H22FN3O2/c1-4-14(2)21(16-8-5-9-17(23)22(16)28)26-18(10-6-13-25-26)15(3)20-19(27)11-7-12-24-20/h5-13,27-28H,4H2,1-3H3/b18-15+,21-14?. The summed E-state index contributed by atoms with van der Waals surface area (Å²) in [5, 5.41) is 26.7. The lowest BCUT2D eigenvalue weighted by atomic mass is 10.0. The van der Waals surface area contributed by atoms with E-state index in [1.165, 1.54) is 6.07 Å². The van der Waals surface area contributed by atoms with E-state index in [1.807, 2.05) is 26.8 Å². The van der Waals surface area contributed by atoms with Crippen LogP contribution in [0, 0.1) is 5.82 Å². The van der Waals surface area contributed by atoms with Gasteiger partial charge in [-0.2, -0.15) is 5.10 Å². The minimum absolute atomic E-state index is 0.0572. The molecular formula is C22H22FN3O2. The largest absolute Gasteiger partial charge is 0.506 e. The number of aromatic nitrogens is 1. The molecule has 0 radical (unpaired) electrons. The predicted molar refractivity (Wildman–Crippen MR) is 109 cm³/mol. The van der Waals surface area contributed by atoms with Crippen LogP contribution in [-0.4, -0.2) is 26.4 Å². The van der Waals surface area contributed by atoms with Crippen molar-refractivity contribution >= 4 is 17.5 Å². The SMILES string of the molecule is CCC(C)=C(c1cccc(F)c1O)N1N=CC=C/C1=C(/C)c1ncccc1O. The van der Waals surface area contributed by atoms with Crippen molar-refractivity contribution < 1.29 is 14.6 Å². The maximum atomic E-state index is 14.0. The quantitative estimate of drug-likeness (QED) is 0.779. The molecule has 2 aromatic rings. The molecule has 1 aliphatic heterocycles. The van der Waals surface area contributed by atoms with Crippen LogP contribution in [0.4, 0.5) is 4.39 Å². The summed E-state index contributed by atoms with van der Waals surface area (Å²) in [6.45, 7) is 5.73. The summed E-state index contributed by atoms with van der Waals surface area (Å²) in [5.41, 5.74) is 3.66. The lowest BCUT2D eigenvalue weighted by molar-refractivity contribution is 0.426. The first-order chi connectivity index (χ1) is 13.5. The molecule has 0 atom stereocenters. The number of nitrogens with zero attached hydrogens (tertiary/aromatic N) is 3. The number of pyridine rings is 1. The second kappa shape index (κ2) is 8.08. The van der Waals surface area contributed by atoms with E-state index in [-0.39, 0.29) is 5.75 Å². The molecule has 28 heavy (non-hydrogen) atoms. The molecule has 2 N–H and O–H groups in total. The number of hydrogen-bond acceptors (Lipinski definition) is 5. The van der Waals surface area contributed by atoms with Crippen LogP contribution in [0.5, 0.6) is 11.5 Å². The fraction of sp³-hybridized carbons (Fsp3) is 0.182. The van der Waals surface area contributed by atoms with E-state index in [0.29, 0.717) is 34.6 Å². The van der Waals surface area contributed by atoms with Crippen LogP contribution < -0.4 is 0 Å². The number of rotatable bonds is 4. The smallest absolute Gasteiger partial charge is 0.165 e. The number of phenols is 1. The number of aromatic hydroxyl groups is 2. The van der Waals surface area contributed by atoms with Crippen LogP contribution in [0.3, 0.4) is 0 Å². The Kier molecular flexibility index (Phi) is 5.59. The van der Waals surface area contributed by atoms with Crippen LogP contribution in [-0.2, 0) is 0 Å². The number of para-hydroxylation sites is 1. The van der Waals surface area contributed by atoms with Gasteiger partial charge in [0.05, 0.1) is 11.4 Å². The molecular weight excluding hydrogens is 357 g/mol. The number of halogens is 1. The second-order valence-corrected chi connectivity index (χ2v) is 6.44. The van der Waals surface area contributed by atoms with E-state index >= 15 is 0 Å². The first kappa shape index (κ1) is 19.4. The van der Waals surface area contributed by atoms with Crippen LogP contribution >= 0.6 is 0 Å². The fourth-order valence-corrected chi connectivity index (χ4v) is 3.04. The summed E-state index contributed by atoms with van der Waals surface area (Å²) in [7, 11) is 0. The molecule has 5 nitrogen and oxygen atoms in total. The number of hydrogen-bond donors (Lipinski definition) is 2. The molecule has 2 heterocycles. The molecule has 0 saturated carbocycles. The van der Waals surface area contributed by atoms with Crippen molar-refractivity contribution in [2.75, 3.05) is 0 Å². The lowest BCUT2D eigenvalue weighted by Crippen LogP contribution is -2.19. The van der Waals surface area contributed by atoms with Gasteiger partial charge in [0.2, 0.25) is 0 Å². The summed E-state index contributed by atoms with van der Waals surface area (Å²) in [5.74, 6) is -1.06. The Hall–Kier alpha value is -3.41. The highest BCUT2D eigenvalue weighted by molar-refractivity contribution is 5.83. The average Bonchev–Trinajstić information content (AvgIpc) is 2.71. The van der Waals surface area contributed by atoms with Crippen LogP contribution in [0.15, 0.2) is 65.1 Å². The number of hydrazone groups is 1. The van der Waals surface area contributed by atoms with Crippen molar-refractivity contribution in [2.24, 2.45) is 5.10 Å². The average molecular weight is 379 g/mol. The Morgan fingerprint density at radius 2 is 1.93 bits per heavy atom. The molecule has 1 aromatic heterocycles. The second-order valence-electron chi connectivity index (χ2n) is 6.44. The van der Waals surface area contributed by atoms with Gasteiger partial charge in [0.1, 0.15) is 11.4 Å². The maximum Gasteiger partial charge on any atom is 0.165 e. The third-order valence-electron chi connectivity index (χ3n) is 4.66. The minimum atomic E-state index is -0.694. The summed E-state index contributed by atoms with van der Waals surface area (Å²) >= 11 is 0. The molecule has 0 bridgehead atoms. The van der Waals surface area contributed by atoms with Gasteiger partial charge in [-0.05, 0) is 62.3 Å². The highest BCUT2D eigenvalue weighted by Crippen LogP contribution is 2.38.